The molecule has 0 saturated carbocycles. The molecule has 4 nitrogen and oxygen atoms in total. The molecule has 1 N–H and O–H groups in total. The highest BCUT2D eigenvalue weighted by Gasteiger charge is 2.30. The highest BCUT2D eigenvalue weighted by atomic mass is 15.3. The zero-order chi connectivity index (χ0) is 13.6. The molecule has 0 aromatic rings. The first-order valence-corrected chi connectivity index (χ1v) is 7.20. The predicted octanol–water partition coefficient (Wildman–Crippen LogP) is 1.64. The third-order valence-corrected chi connectivity index (χ3v) is 3.79. The van der Waals surface area contributed by atoms with Crippen LogP contribution < -0.4 is 5.32 Å². The highest BCUT2D eigenvalue weighted by molar-refractivity contribution is 5.80. The van der Waals surface area contributed by atoms with Gasteiger partial charge >= 0.3 is 0 Å². The van der Waals surface area contributed by atoms with Crippen molar-refractivity contribution in [2.24, 2.45) is 10.4 Å². The van der Waals surface area contributed by atoms with Crippen LogP contribution in [0.1, 0.15) is 34.1 Å². The lowest BCUT2D eigenvalue weighted by molar-refractivity contribution is 0.305. The number of likely N-dealkylation sites (tertiary alicyclic amines) is 1. The number of hydrogen-bond acceptors (Lipinski definition) is 2. The van der Waals surface area contributed by atoms with Crippen molar-refractivity contribution in [3.8, 4) is 0 Å². The molecule has 1 saturated heterocycles. The van der Waals surface area contributed by atoms with Crippen LogP contribution in [-0.2, 0) is 0 Å². The van der Waals surface area contributed by atoms with Crippen molar-refractivity contribution in [3.05, 3.63) is 0 Å². The Morgan fingerprint density at radius 1 is 1.33 bits per heavy atom. The minimum atomic E-state index is 0.427. The van der Waals surface area contributed by atoms with E-state index in [0.29, 0.717) is 5.41 Å². The summed E-state index contributed by atoms with van der Waals surface area (Å²) >= 11 is 0. The molecule has 0 spiro atoms. The average Bonchev–Trinajstić information content (AvgIpc) is 2.70. The third-order valence-electron chi connectivity index (χ3n) is 3.79. The maximum Gasteiger partial charge on any atom is 0.193 e. The molecule has 18 heavy (non-hydrogen) atoms. The van der Waals surface area contributed by atoms with Gasteiger partial charge in [0.15, 0.2) is 5.96 Å². The lowest BCUT2D eigenvalue weighted by Crippen LogP contribution is -2.43. The summed E-state index contributed by atoms with van der Waals surface area (Å²) in [4.78, 5) is 9.20. The number of likely N-dealkylation sites (N-methyl/N-ethyl adjacent to an activating group) is 1. The van der Waals surface area contributed by atoms with Crippen molar-refractivity contribution < 1.29 is 0 Å². The highest BCUT2D eigenvalue weighted by Crippen LogP contribution is 2.28. The minimum Gasteiger partial charge on any atom is -0.355 e. The van der Waals surface area contributed by atoms with E-state index in [1.807, 2.05) is 7.05 Å². The fourth-order valence-electron chi connectivity index (χ4n) is 2.49. The van der Waals surface area contributed by atoms with Crippen LogP contribution in [0.3, 0.4) is 0 Å². The van der Waals surface area contributed by atoms with Gasteiger partial charge in [0.1, 0.15) is 0 Å². The van der Waals surface area contributed by atoms with Crippen LogP contribution >= 0.6 is 0 Å². The molecule has 0 aliphatic carbocycles. The Kier molecular flexibility index (Phi) is 5.93. The molecular formula is C14H30N4. The van der Waals surface area contributed by atoms with E-state index >= 15 is 0 Å². The van der Waals surface area contributed by atoms with Gasteiger partial charge in [-0.3, -0.25) is 4.99 Å². The van der Waals surface area contributed by atoms with Crippen molar-refractivity contribution in [3.63, 3.8) is 0 Å². The van der Waals surface area contributed by atoms with Crippen LogP contribution in [0.25, 0.3) is 0 Å². The molecule has 0 aromatic carbocycles. The van der Waals surface area contributed by atoms with Crippen LogP contribution in [0.15, 0.2) is 4.99 Å². The van der Waals surface area contributed by atoms with Crippen molar-refractivity contribution in [1.29, 1.82) is 0 Å². The van der Waals surface area contributed by atoms with Crippen LogP contribution in [-0.4, -0.2) is 62.1 Å². The lowest BCUT2D eigenvalue weighted by atomic mass is 9.93. The Morgan fingerprint density at radius 3 is 2.44 bits per heavy atom. The molecule has 0 radical (unpaired) electrons. The van der Waals surface area contributed by atoms with Crippen molar-refractivity contribution in [2.45, 2.75) is 34.1 Å². The molecular weight excluding hydrogens is 224 g/mol. The van der Waals surface area contributed by atoms with Gasteiger partial charge in [0.05, 0.1) is 0 Å². The van der Waals surface area contributed by atoms with Gasteiger partial charge in [-0.2, -0.15) is 0 Å². The van der Waals surface area contributed by atoms with E-state index < -0.39 is 0 Å². The summed E-state index contributed by atoms with van der Waals surface area (Å²) in [6.45, 7) is 15.6. The third kappa shape index (κ3) is 4.48. The summed E-state index contributed by atoms with van der Waals surface area (Å²) in [5.41, 5.74) is 0.427. The molecule has 0 atom stereocenters. The average molecular weight is 254 g/mol. The fraction of sp³-hybridized carbons (Fsp3) is 0.929. The second-order valence-electron chi connectivity index (χ2n) is 5.84. The Morgan fingerprint density at radius 2 is 2.00 bits per heavy atom. The number of rotatable bonds is 5. The number of hydrogen-bond donors (Lipinski definition) is 1. The van der Waals surface area contributed by atoms with E-state index in [4.69, 9.17) is 0 Å². The number of nitrogens with one attached hydrogen (secondary N) is 1. The smallest absolute Gasteiger partial charge is 0.193 e. The predicted molar refractivity (Wildman–Crippen MR) is 79.1 cm³/mol. The normalized spacial score (nSPS) is 19.7. The summed E-state index contributed by atoms with van der Waals surface area (Å²) in [7, 11) is 1.88. The molecule has 1 fully saturated rings. The van der Waals surface area contributed by atoms with E-state index in [1.54, 1.807) is 0 Å². The maximum atomic E-state index is 4.40. The van der Waals surface area contributed by atoms with Gasteiger partial charge in [0, 0.05) is 33.2 Å². The van der Waals surface area contributed by atoms with Gasteiger partial charge in [0.2, 0.25) is 0 Å². The zero-order valence-electron chi connectivity index (χ0n) is 12.8. The maximum absolute atomic E-state index is 4.40. The topological polar surface area (TPSA) is 30.9 Å². The molecule has 0 unspecified atom stereocenters. The van der Waals surface area contributed by atoms with Crippen LogP contribution in [0.4, 0.5) is 0 Å². The van der Waals surface area contributed by atoms with Gasteiger partial charge in [0.25, 0.3) is 0 Å². The summed E-state index contributed by atoms with van der Waals surface area (Å²) < 4.78 is 0. The van der Waals surface area contributed by atoms with Crippen molar-refractivity contribution >= 4 is 5.96 Å². The molecule has 1 aliphatic rings. The van der Waals surface area contributed by atoms with Gasteiger partial charge in [-0.1, -0.05) is 27.7 Å². The second kappa shape index (κ2) is 6.98. The monoisotopic (exact) mass is 254 g/mol. The van der Waals surface area contributed by atoms with E-state index in [-0.39, 0.29) is 0 Å². The van der Waals surface area contributed by atoms with Crippen LogP contribution in [0.2, 0.25) is 0 Å². The first kappa shape index (κ1) is 15.3. The van der Waals surface area contributed by atoms with Crippen LogP contribution in [0.5, 0.6) is 0 Å². The SMILES string of the molecule is CCN(CC)CCNC(=NC)N1CCC(C)(C)C1. The van der Waals surface area contributed by atoms with Gasteiger partial charge in [-0.05, 0) is 24.9 Å². The standard InChI is InChI=1S/C14H30N4/c1-6-17(7-2)11-9-16-13(15-5)18-10-8-14(3,4)12-18/h6-12H2,1-5H3,(H,15,16). The van der Waals surface area contributed by atoms with E-state index in [9.17, 15) is 0 Å². The Bertz CT molecular complexity index is 269. The molecule has 1 rings (SSSR count). The van der Waals surface area contributed by atoms with E-state index in [0.717, 1.165) is 45.2 Å². The number of nitrogens with zero attached hydrogens (tertiary/aromatic N) is 3. The van der Waals surface area contributed by atoms with Gasteiger partial charge in [-0.15, -0.1) is 0 Å². The fourth-order valence-corrected chi connectivity index (χ4v) is 2.49. The largest absolute Gasteiger partial charge is 0.355 e. The number of aliphatic imine (C=N–C) groups is 1. The van der Waals surface area contributed by atoms with Gasteiger partial charge in [-0.25, -0.2) is 0 Å². The summed E-state index contributed by atoms with van der Waals surface area (Å²) in [5.74, 6) is 1.06. The minimum absolute atomic E-state index is 0.427. The Hall–Kier alpha value is -0.770. The lowest BCUT2D eigenvalue weighted by Gasteiger charge is -2.25. The molecule has 1 aliphatic heterocycles. The quantitative estimate of drug-likeness (QED) is 0.598. The van der Waals surface area contributed by atoms with Crippen molar-refractivity contribution in [1.82, 2.24) is 15.1 Å². The molecule has 1 heterocycles. The van der Waals surface area contributed by atoms with Crippen molar-refractivity contribution in [2.75, 3.05) is 46.3 Å². The second-order valence-corrected chi connectivity index (χ2v) is 5.84. The number of guanidine groups is 1. The molecule has 106 valence electrons. The first-order valence-electron chi connectivity index (χ1n) is 7.20. The summed E-state index contributed by atoms with van der Waals surface area (Å²) in [6.07, 6.45) is 1.25. The van der Waals surface area contributed by atoms with Gasteiger partial charge < -0.3 is 15.1 Å². The summed E-state index contributed by atoms with van der Waals surface area (Å²) in [6, 6.07) is 0. The van der Waals surface area contributed by atoms with Crippen LogP contribution in [0, 0.1) is 5.41 Å². The van der Waals surface area contributed by atoms with E-state index in [2.05, 4.69) is 47.8 Å². The molecule has 4 heteroatoms. The van der Waals surface area contributed by atoms with E-state index in [1.165, 1.54) is 6.42 Å². The molecule has 0 aromatic heterocycles. The zero-order valence-corrected chi connectivity index (χ0v) is 12.8. The summed E-state index contributed by atoms with van der Waals surface area (Å²) in [5, 5.41) is 3.48. The Labute approximate surface area is 112 Å². The Balaban J connectivity index is 2.35. The first-order chi connectivity index (χ1) is 8.52. The molecule has 0 amide bonds. The molecule has 0 bridgehead atoms.